The first kappa shape index (κ1) is 10.2. The van der Waals surface area contributed by atoms with Gasteiger partial charge in [0.2, 0.25) is 0 Å². The number of hydrogen-bond acceptors (Lipinski definition) is 2. The summed E-state index contributed by atoms with van der Waals surface area (Å²) >= 11 is 0. The summed E-state index contributed by atoms with van der Waals surface area (Å²) in [7, 11) is 1.96. The van der Waals surface area contributed by atoms with E-state index in [-0.39, 0.29) is 0 Å². The number of benzene rings is 1. The summed E-state index contributed by atoms with van der Waals surface area (Å²) in [5, 5.41) is 8.97. The third-order valence-electron chi connectivity index (χ3n) is 2.75. The van der Waals surface area contributed by atoms with E-state index >= 15 is 0 Å². The van der Waals surface area contributed by atoms with Crippen molar-refractivity contribution in [3.63, 3.8) is 0 Å². The quantitative estimate of drug-likeness (QED) is 0.827. The second-order valence-electron chi connectivity index (χ2n) is 3.78. The standard InChI is InChI=1S/C12H17N3/c1-4-15-9(2)11-6-5-10(8-13-3)7-12(11)14-15/h5-7,13H,4,8H2,1-3H3. The van der Waals surface area contributed by atoms with Crippen molar-refractivity contribution in [1.82, 2.24) is 15.1 Å². The van der Waals surface area contributed by atoms with Crippen molar-refractivity contribution in [2.24, 2.45) is 0 Å². The minimum absolute atomic E-state index is 0.897. The second-order valence-corrected chi connectivity index (χ2v) is 3.78. The molecule has 0 unspecified atom stereocenters. The first-order valence-electron chi connectivity index (χ1n) is 5.37. The molecule has 2 rings (SSSR count). The molecule has 15 heavy (non-hydrogen) atoms. The predicted molar refractivity (Wildman–Crippen MR) is 62.9 cm³/mol. The zero-order chi connectivity index (χ0) is 10.8. The molecule has 3 heteroatoms. The molecule has 2 aromatic rings. The maximum atomic E-state index is 4.56. The Morgan fingerprint density at radius 2 is 2.20 bits per heavy atom. The molecule has 0 spiro atoms. The average Bonchev–Trinajstić information content (AvgIpc) is 2.56. The number of aromatic nitrogens is 2. The molecule has 0 aliphatic rings. The fourth-order valence-electron chi connectivity index (χ4n) is 1.93. The van der Waals surface area contributed by atoms with Crippen LogP contribution in [0.1, 0.15) is 18.2 Å². The summed E-state index contributed by atoms with van der Waals surface area (Å²) in [6.45, 7) is 6.07. The maximum absolute atomic E-state index is 4.56. The molecule has 0 aliphatic heterocycles. The van der Waals surface area contributed by atoms with Gasteiger partial charge in [0, 0.05) is 24.2 Å². The van der Waals surface area contributed by atoms with E-state index in [1.54, 1.807) is 0 Å². The Morgan fingerprint density at radius 3 is 2.87 bits per heavy atom. The maximum Gasteiger partial charge on any atom is 0.0929 e. The summed E-state index contributed by atoms with van der Waals surface area (Å²) in [5.74, 6) is 0. The largest absolute Gasteiger partial charge is 0.316 e. The summed E-state index contributed by atoms with van der Waals surface area (Å²) < 4.78 is 2.05. The minimum Gasteiger partial charge on any atom is -0.316 e. The number of nitrogens with one attached hydrogen (secondary N) is 1. The lowest BCUT2D eigenvalue weighted by Crippen LogP contribution is -2.04. The monoisotopic (exact) mass is 203 g/mol. The highest BCUT2D eigenvalue weighted by Gasteiger charge is 2.05. The van der Waals surface area contributed by atoms with E-state index < -0.39 is 0 Å². The second kappa shape index (κ2) is 4.03. The average molecular weight is 203 g/mol. The third kappa shape index (κ3) is 1.75. The van der Waals surface area contributed by atoms with E-state index in [4.69, 9.17) is 0 Å². The number of aryl methyl sites for hydroxylation is 2. The zero-order valence-electron chi connectivity index (χ0n) is 9.54. The minimum atomic E-state index is 0.897. The van der Waals surface area contributed by atoms with Gasteiger partial charge in [-0.15, -0.1) is 0 Å². The van der Waals surface area contributed by atoms with Gasteiger partial charge in [-0.1, -0.05) is 12.1 Å². The topological polar surface area (TPSA) is 29.9 Å². The van der Waals surface area contributed by atoms with Crippen molar-refractivity contribution in [3.05, 3.63) is 29.5 Å². The van der Waals surface area contributed by atoms with Crippen LogP contribution >= 0.6 is 0 Å². The van der Waals surface area contributed by atoms with E-state index in [0.29, 0.717) is 0 Å². The zero-order valence-corrected chi connectivity index (χ0v) is 9.54. The molecule has 3 nitrogen and oxygen atoms in total. The van der Waals surface area contributed by atoms with Crippen LogP contribution in [0.4, 0.5) is 0 Å². The molecule has 1 N–H and O–H groups in total. The van der Waals surface area contributed by atoms with E-state index in [1.807, 2.05) is 11.7 Å². The van der Waals surface area contributed by atoms with Gasteiger partial charge in [-0.2, -0.15) is 5.10 Å². The van der Waals surface area contributed by atoms with E-state index in [1.165, 1.54) is 16.6 Å². The van der Waals surface area contributed by atoms with Crippen molar-refractivity contribution in [3.8, 4) is 0 Å². The van der Waals surface area contributed by atoms with Crippen LogP contribution in [0, 0.1) is 6.92 Å². The van der Waals surface area contributed by atoms with Gasteiger partial charge in [0.1, 0.15) is 0 Å². The molecule has 0 atom stereocenters. The molecule has 1 heterocycles. The summed E-state index contributed by atoms with van der Waals surface area (Å²) in [4.78, 5) is 0. The van der Waals surface area contributed by atoms with Crippen LogP contribution in [0.25, 0.3) is 10.9 Å². The van der Waals surface area contributed by atoms with Gasteiger partial charge in [0.15, 0.2) is 0 Å². The first-order chi connectivity index (χ1) is 7.26. The molecule has 1 aromatic heterocycles. The normalized spacial score (nSPS) is 11.1. The molecule has 80 valence electrons. The molecule has 0 saturated carbocycles. The van der Waals surface area contributed by atoms with Crippen molar-refractivity contribution >= 4 is 10.9 Å². The van der Waals surface area contributed by atoms with Gasteiger partial charge in [0.25, 0.3) is 0 Å². The van der Waals surface area contributed by atoms with Crippen LogP contribution in [0.15, 0.2) is 18.2 Å². The van der Waals surface area contributed by atoms with Crippen molar-refractivity contribution in [2.75, 3.05) is 7.05 Å². The highest BCUT2D eigenvalue weighted by Crippen LogP contribution is 2.19. The number of rotatable bonds is 3. The van der Waals surface area contributed by atoms with Crippen molar-refractivity contribution < 1.29 is 0 Å². The highest BCUT2D eigenvalue weighted by atomic mass is 15.3. The van der Waals surface area contributed by atoms with Crippen molar-refractivity contribution in [1.29, 1.82) is 0 Å². The third-order valence-corrected chi connectivity index (χ3v) is 2.75. The summed E-state index contributed by atoms with van der Waals surface area (Å²) in [6, 6.07) is 6.48. The molecule has 0 amide bonds. The van der Waals surface area contributed by atoms with Gasteiger partial charge < -0.3 is 5.32 Å². The number of hydrogen-bond donors (Lipinski definition) is 1. The number of nitrogens with zero attached hydrogens (tertiary/aromatic N) is 2. The van der Waals surface area contributed by atoms with Crippen LogP contribution in [-0.2, 0) is 13.1 Å². The SMILES string of the molecule is CCn1nc2cc(CNC)ccc2c1C. The Morgan fingerprint density at radius 1 is 1.40 bits per heavy atom. The molecular weight excluding hydrogens is 186 g/mol. The van der Waals surface area contributed by atoms with Gasteiger partial charge in [-0.3, -0.25) is 4.68 Å². The van der Waals surface area contributed by atoms with Crippen LogP contribution in [0.3, 0.4) is 0 Å². The van der Waals surface area contributed by atoms with E-state index in [9.17, 15) is 0 Å². The van der Waals surface area contributed by atoms with Crippen LogP contribution < -0.4 is 5.32 Å². The van der Waals surface area contributed by atoms with Gasteiger partial charge >= 0.3 is 0 Å². The van der Waals surface area contributed by atoms with Crippen LogP contribution in [0.2, 0.25) is 0 Å². The Kier molecular flexibility index (Phi) is 2.73. The molecule has 1 aromatic carbocycles. The van der Waals surface area contributed by atoms with E-state index in [2.05, 4.69) is 42.5 Å². The molecule has 0 fully saturated rings. The molecule has 0 aliphatic carbocycles. The molecular formula is C12H17N3. The molecule has 0 saturated heterocycles. The highest BCUT2D eigenvalue weighted by molar-refractivity contribution is 5.82. The summed E-state index contributed by atoms with van der Waals surface area (Å²) in [5.41, 5.74) is 3.64. The van der Waals surface area contributed by atoms with E-state index in [0.717, 1.165) is 18.6 Å². The summed E-state index contributed by atoms with van der Waals surface area (Å²) in [6.07, 6.45) is 0. The van der Waals surface area contributed by atoms with Crippen molar-refractivity contribution in [2.45, 2.75) is 26.9 Å². The lowest BCUT2D eigenvalue weighted by atomic mass is 10.1. The Hall–Kier alpha value is -1.35. The predicted octanol–water partition coefficient (Wildman–Crippen LogP) is 2.08. The van der Waals surface area contributed by atoms with Crippen LogP contribution in [0.5, 0.6) is 0 Å². The first-order valence-corrected chi connectivity index (χ1v) is 5.37. The van der Waals surface area contributed by atoms with Crippen LogP contribution in [-0.4, -0.2) is 16.8 Å². The van der Waals surface area contributed by atoms with Gasteiger partial charge in [-0.05, 0) is 32.5 Å². The van der Waals surface area contributed by atoms with Gasteiger partial charge in [-0.25, -0.2) is 0 Å². The van der Waals surface area contributed by atoms with Gasteiger partial charge in [0.05, 0.1) is 5.52 Å². The Balaban J connectivity index is 2.53. The fourth-order valence-corrected chi connectivity index (χ4v) is 1.93. The lowest BCUT2D eigenvalue weighted by Gasteiger charge is -1.98. The molecule has 0 bridgehead atoms. The Bertz CT molecular complexity index is 471. The lowest BCUT2D eigenvalue weighted by molar-refractivity contribution is 0.647. The molecule has 0 radical (unpaired) electrons. The number of fused-ring (bicyclic) bond motifs is 1. The smallest absolute Gasteiger partial charge is 0.0929 e. The Labute approximate surface area is 90.1 Å². The fraction of sp³-hybridized carbons (Fsp3) is 0.417.